The Bertz CT molecular complexity index is 486. The fourth-order valence-corrected chi connectivity index (χ4v) is 1.93. The minimum absolute atomic E-state index is 0.0556. The summed E-state index contributed by atoms with van der Waals surface area (Å²) in [5.41, 5.74) is 6.26. The van der Waals surface area contributed by atoms with E-state index in [0.29, 0.717) is 37.1 Å². The highest BCUT2D eigenvalue weighted by molar-refractivity contribution is 7.80. The third-order valence-corrected chi connectivity index (χ3v) is 3.16. The Hall–Kier alpha value is -1.70. The van der Waals surface area contributed by atoms with Crippen LogP contribution in [0.4, 0.5) is 0 Å². The van der Waals surface area contributed by atoms with Gasteiger partial charge in [0.2, 0.25) is 0 Å². The van der Waals surface area contributed by atoms with E-state index >= 15 is 0 Å². The van der Waals surface area contributed by atoms with Crippen LogP contribution in [0.3, 0.4) is 0 Å². The van der Waals surface area contributed by atoms with Crippen LogP contribution in [0, 0.1) is 0 Å². The average Bonchev–Trinajstić information content (AvgIpc) is 2.52. The summed E-state index contributed by atoms with van der Waals surface area (Å²) in [5.74, 6) is 0.380. The standard InChI is InChI=1S/C14H18N2O4S/c15-14(21)10-1-3-11(4-2-10)20-9-13(17)16-7-12-8-18-5-6-19-12/h1-4,12H,5-9H2,(H2,15,21)(H,16,17). The van der Waals surface area contributed by atoms with Crippen molar-refractivity contribution in [3.05, 3.63) is 29.8 Å². The molecule has 0 aliphatic carbocycles. The Labute approximate surface area is 128 Å². The number of nitrogens with one attached hydrogen (secondary N) is 1. The molecule has 1 aromatic rings. The molecule has 21 heavy (non-hydrogen) atoms. The van der Waals surface area contributed by atoms with Crippen molar-refractivity contribution in [1.82, 2.24) is 5.32 Å². The number of ether oxygens (including phenoxy) is 3. The van der Waals surface area contributed by atoms with Crippen molar-refractivity contribution >= 4 is 23.1 Å². The average molecular weight is 310 g/mol. The first-order chi connectivity index (χ1) is 10.1. The van der Waals surface area contributed by atoms with Crippen molar-refractivity contribution in [2.45, 2.75) is 6.10 Å². The Morgan fingerprint density at radius 2 is 2.14 bits per heavy atom. The Balaban J connectivity index is 1.69. The summed E-state index contributed by atoms with van der Waals surface area (Å²) in [4.78, 5) is 12.0. The maximum Gasteiger partial charge on any atom is 0.258 e. The number of nitrogens with two attached hydrogens (primary N) is 1. The number of carbonyl (C=O) groups is 1. The molecular weight excluding hydrogens is 292 g/mol. The topological polar surface area (TPSA) is 82.8 Å². The highest BCUT2D eigenvalue weighted by Gasteiger charge is 2.15. The van der Waals surface area contributed by atoms with Crippen molar-refractivity contribution in [2.75, 3.05) is 33.0 Å². The molecule has 0 bridgehead atoms. The van der Waals surface area contributed by atoms with Crippen LogP contribution in [0.15, 0.2) is 24.3 Å². The monoisotopic (exact) mass is 310 g/mol. The van der Waals surface area contributed by atoms with E-state index < -0.39 is 0 Å². The lowest BCUT2D eigenvalue weighted by atomic mass is 10.2. The van der Waals surface area contributed by atoms with Gasteiger partial charge in [-0.25, -0.2) is 0 Å². The fourth-order valence-electron chi connectivity index (χ4n) is 1.80. The van der Waals surface area contributed by atoms with E-state index in [1.807, 2.05) is 0 Å². The van der Waals surface area contributed by atoms with Crippen LogP contribution >= 0.6 is 12.2 Å². The second-order valence-electron chi connectivity index (χ2n) is 4.55. The zero-order valence-electron chi connectivity index (χ0n) is 11.5. The molecule has 6 nitrogen and oxygen atoms in total. The number of carbonyl (C=O) groups excluding carboxylic acids is 1. The van der Waals surface area contributed by atoms with Gasteiger partial charge in [0.1, 0.15) is 10.7 Å². The van der Waals surface area contributed by atoms with Gasteiger partial charge in [0.05, 0.1) is 25.9 Å². The molecule has 0 aromatic heterocycles. The van der Waals surface area contributed by atoms with E-state index in [9.17, 15) is 4.79 Å². The minimum atomic E-state index is -0.206. The lowest BCUT2D eigenvalue weighted by Gasteiger charge is -2.23. The molecule has 1 amide bonds. The van der Waals surface area contributed by atoms with Crippen LogP contribution in [-0.4, -0.2) is 50.0 Å². The molecule has 1 aromatic carbocycles. The molecule has 7 heteroatoms. The van der Waals surface area contributed by atoms with E-state index in [1.165, 1.54) is 0 Å². The zero-order chi connectivity index (χ0) is 15.1. The molecule has 1 unspecified atom stereocenters. The highest BCUT2D eigenvalue weighted by atomic mass is 32.1. The van der Waals surface area contributed by atoms with Crippen molar-refractivity contribution < 1.29 is 19.0 Å². The van der Waals surface area contributed by atoms with E-state index in [1.54, 1.807) is 24.3 Å². The second kappa shape index (κ2) is 7.92. The molecule has 114 valence electrons. The zero-order valence-corrected chi connectivity index (χ0v) is 12.4. The third-order valence-electron chi connectivity index (χ3n) is 2.92. The van der Waals surface area contributed by atoms with E-state index in [2.05, 4.69) is 5.32 Å². The number of rotatable bonds is 6. The van der Waals surface area contributed by atoms with Gasteiger partial charge in [-0.15, -0.1) is 0 Å². The van der Waals surface area contributed by atoms with Crippen molar-refractivity contribution in [2.24, 2.45) is 5.73 Å². The van der Waals surface area contributed by atoms with E-state index in [4.69, 9.17) is 32.2 Å². The Kier molecular flexibility index (Phi) is 5.91. The molecule has 1 fully saturated rings. The first kappa shape index (κ1) is 15.7. The van der Waals surface area contributed by atoms with Crippen molar-refractivity contribution in [1.29, 1.82) is 0 Å². The van der Waals surface area contributed by atoms with Gasteiger partial charge in [0.25, 0.3) is 5.91 Å². The largest absolute Gasteiger partial charge is 0.484 e. The molecule has 1 atom stereocenters. The summed E-state index contributed by atoms with van der Waals surface area (Å²) in [6.07, 6.45) is -0.0902. The summed E-state index contributed by atoms with van der Waals surface area (Å²) < 4.78 is 16.0. The van der Waals surface area contributed by atoms with Crippen LogP contribution < -0.4 is 15.8 Å². The minimum Gasteiger partial charge on any atom is -0.484 e. The van der Waals surface area contributed by atoms with Gasteiger partial charge < -0.3 is 25.3 Å². The predicted molar refractivity (Wildman–Crippen MR) is 81.4 cm³/mol. The third kappa shape index (κ3) is 5.30. The Morgan fingerprint density at radius 1 is 1.38 bits per heavy atom. The second-order valence-corrected chi connectivity index (χ2v) is 4.99. The summed E-state index contributed by atoms with van der Waals surface area (Å²) in [6.45, 7) is 2.03. The first-order valence-electron chi connectivity index (χ1n) is 6.64. The molecule has 0 spiro atoms. The number of amides is 1. The number of hydrogen-bond donors (Lipinski definition) is 2. The van der Waals surface area contributed by atoms with Crippen LogP contribution in [0.25, 0.3) is 0 Å². The van der Waals surface area contributed by atoms with Gasteiger partial charge in [-0.1, -0.05) is 12.2 Å². The smallest absolute Gasteiger partial charge is 0.258 e. The first-order valence-corrected chi connectivity index (χ1v) is 7.04. The summed E-state index contributed by atoms with van der Waals surface area (Å²) in [5, 5.41) is 2.74. The molecule has 0 saturated carbocycles. The van der Waals surface area contributed by atoms with Crippen LogP contribution in [-0.2, 0) is 14.3 Å². The molecule has 1 aliphatic rings. The molecule has 2 rings (SSSR count). The van der Waals surface area contributed by atoms with Crippen molar-refractivity contribution in [3.63, 3.8) is 0 Å². The summed E-state index contributed by atoms with van der Waals surface area (Å²) in [7, 11) is 0. The van der Waals surface area contributed by atoms with Gasteiger partial charge >= 0.3 is 0 Å². The van der Waals surface area contributed by atoms with Gasteiger partial charge in [-0.05, 0) is 24.3 Å². The normalized spacial score (nSPS) is 18.0. The lowest BCUT2D eigenvalue weighted by Crippen LogP contribution is -2.41. The highest BCUT2D eigenvalue weighted by Crippen LogP contribution is 2.11. The van der Waals surface area contributed by atoms with Gasteiger partial charge in [0.15, 0.2) is 6.61 Å². The molecular formula is C14H18N2O4S. The number of benzene rings is 1. The van der Waals surface area contributed by atoms with Crippen molar-refractivity contribution in [3.8, 4) is 5.75 Å². The fraction of sp³-hybridized carbons (Fsp3) is 0.429. The summed E-state index contributed by atoms with van der Waals surface area (Å²) >= 11 is 4.86. The lowest BCUT2D eigenvalue weighted by molar-refractivity contribution is -0.125. The predicted octanol–water partition coefficient (Wildman–Crippen LogP) is 0.231. The van der Waals surface area contributed by atoms with E-state index in [-0.39, 0.29) is 18.6 Å². The molecule has 3 N–H and O–H groups in total. The molecule has 1 saturated heterocycles. The summed E-state index contributed by atoms with van der Waals surface area (Å²) in [6, 6.07) is 6.95. The maximum atomic E-state index is 11.7. The number of thiocarbonyl (C=S) groups is 1. The van der Waals surface area contributed by atoms with Crippen LogP contribution in [0.5, 0.6) is 5.75 Å². The van der Waals surface area contributed by atoms with Gasteiger partial charge in [-0.2, -0.15) is 0 Å². The van der Waals surface area contributed by atoms with E-state index in [0.717, 1.165) is 5.56 Å². The van der Waals surface area contributed by atoms with Crippen LogP contribution in [0.2, 0.25) is 0 Å². The quantitative estimate of drug-likeness (QED) is 0.732. The molecule has 1 heterocycles. The SMILES string of the molecule is NC(=S)c1ccc(OCC(=O)NCC2COCCO2)cc1. The van der Waals surface area contributed by atoms with Crippen LogP contribution in [0.1, 0.15) is 5.56 Å². The van der Waals surface area contributed by atoms with Gasteiger partial charge in [-0.3, -0.25) is 4.79 Å². The number of hydrogen-bond acceptors (Lipinski definition) is 5. The maximum absolute atomic E-state index is 11.7. The molecule has 0 radical (unpaired) electrons. The Morgan fingerprint density at radius 3 is 2.76 bits per heavy atom. The molecule has 1 aliphatic heterocycles. The van der Waals surface area contributed by atoms with Gasteiger partial charge in [0, 0.05) is 12.1 Å².